The van der Waals surface area contributed by atoms with Gasteiger partial charge in [0.2, 0.25) is 5.89 Å². The Balaban J connectivity index is 1.16. The van der Waals surface area contributed by atoms with E-state index in [0.717, 1.165) is 54.9 Å². The van der Waals surface area contributed by atoms with Crippen molar-refractivity contribution in [1.29, 1.82) is 0 Å². The number of aromatic nitrogens is 4. The predicted octanol–water partition coefficient (Wildman–Crippen LogP) is 11.8. The molecule has 10 aromatic rings. The molecule has 0 aliphatic rings. The molecule has 5 heteroatoms. The average Bonchev–Trinajstić information content (AvgIpc) is 3.66. The second kappa shape index (κ2) is 11.9. The van der Waals surface area contributed by atoms with E-state index in [1.54, 1.807) is 0 Å². The number of hydrogen-bond acceptors (Lipinski definition) is 5. The molecule has 0 aliphatic carbocycles. The van der Waals surface area contributed by atoms with Crippen molar-refractivity contribution in [2.75, 3.05) is 0 Å². The van der Waals surface area contributed by atoms with E-state index in [9.17, 15) is 0 Å². The van der Waals surface area contributed by atoms with Crippen molar-refractivity contribution in [3.63, 3.8) is 0 Å². The minimum absolute atomic E-state index is 0.567. The summed E-state index contributed by atoms with van der Waals surface area (Å²) in [4.78, 5) is 20.2. The number of fused-ring (bicyclic) bond motifs is 5. The van der Waals surface area contributed by atoms with Gasteiger partial charge in [0.1, 0.15) is 5.52 Å². The van der Waals surface area contributed by atoms with Gasteiger partial charge in [-0.3, -0.25) is 0 Å². The number of rotatable bonds is 5. The first-order valence-electron chi connectivity index (χ1n) is 17.0. The fourth-order valence-electron chi connectivity index (χ4n) is 7.00. The maximum absolute atomic E-state index is 6.51. The molecule has 10 rings (SSSR count). The Morgan fingerprint density at radius 1 is 0.353 bits per heavy atom. The van der Waals surface area contributed by atoms with Crippen LogP contribution in [0.15, 0.2) is 174 Å². The summed E-state index contributed by atoms with van der Waals surface area (Å²) in [6, 6.07) is 58.3. The molecular weight excluding hydrogens is 625 g/mol. The predicted molar refractivity (Wildman–Crippen MR) is 207 cm³/mol. The second-order valence-corrected chi connectivity index (χ2v) is 12.7. The summed E-state index contributed by atoms with van der Waals surface area (Å²) in [5, 5.41) is 6.66. The Hall–Kier alpha value is -6.98. The van der Waals surface area contributed by atoms with Crippen molar-refractivity contribution in [2.24, 2.45) is 0 Å². The molecule has 0 fully saturated rings. The standard InChI is InChI=1S/C46H28N4O/c1-2-12-34(13-3-1)46-47-40-27-26-32-16-9-19-39(41(32)42(40)51-46)45-49-43(48-44(50-45)36-25-20-29-10-4-5-14-35(29)28-36)33-23-21-31(22-24-33)38-18-8-15-30-11-6-7-17-37(30)38/h1-28H. The first-order chi connectivity index (χ1) is 25.2. The molecule has 238 valence electrons. The molecule has 2 heterocycles. The highest BCUT2D eigenvalue weighted by Gasteiger charge is 2.19. The Kier molecular flexibility index (Phi) is 6.74. The third-order valence-electron chi connectivity index (χ3n) is 9.55. The average molecular weight is 653 g/mol. The summed E-state index contributed by atoms with van der Waals surface area (Å²) in [7, 11) is 0. The van der Waals surface area contributed by atoms with Crippen LogP contribution in [0.3, 0.4) is 0 Å². The van der Waals surface area contributed by atoms with Gasteiger partial charge < -0.3 is 4.42 Å². The van der Waals surface area contributed by atoms with Gasteiger partial charge in [0.05, 0.1) is 0 Å². The van der Waals surface area contributed by atoms with Crippen LogP contribution < -0.4 is 0 Å². The maximum Gasteiger partial charge on any atom is 0.227 e. The van der Waals surface area contributed by atoms with Crippen molar-refractivity contribution in [1.82, 2.24) is 19.9 Å². The fourth-order valence-corrected chi connectivity index (χ4v) is 7.00. The van der Waals surface area contributed by atoms with Crippen LogP contribution in [0.25, 0.3) is 100 Å². The summed E-state index contributed by atoms with van der Waals surface area (Å²) in [6.07, 6.45) is 0. The lowest BCUT2D eigenvalue weighted by atomic mass is 9.97. The Labute approximate surface area is 293 Å². The zero-order valence-corrected chi connectivity index (χ0v) is 27.4. The molecule has 0 bridgehead atoms. The molecule has 0 radical (unpaired) electrons. The number of nitrogens with zero attached hydrogens (tertiary/aromatic N) is 4. The van der Waals surface area contributed by atoms with Crippen molar-refractivity contribution in [3.05, 3.63) is 170 Å². The van der Waals surface area contributed by atoms with E-state index < -0.39 is 0 Å². The van der Waals surface area contributed by atoms with Gasteiger partial charge in [-0.2, -0.15) is 0 Å². The SMILES string of the molecule is c1ccc(-c2nc3ccc4cccc(-c5nc(-c6ccc(-c7cccc8ccccc78)cc6)nc(-c6ccc7ccccc7c6)n5)c4c3o2)cc1. The van der Waals surface area contributed by atoms with Crippen molar-refractivity contribution in [2.45, 2.75) is 0 Å². The lowest BCUT2D eigenvalue weighted by Crippen LogP contribution is -2.00. The molecule has 51 heavy (non-hydrogen) atoms. The largest absolute Gasteiger partial charge is 0.435 e. The molecular formula is C46H28N4O. The second-order valence-electron chi connectivity index (χ2n) is 12.7. The van der Waals surface area contributed by atoms with Crippen LogP contribution >= 0.6 is 0 Å². The Morgan fingerprint density at radius 2 is 0.961 bits per heavy atom. The highest BCUT2D eigenvalue weighted by molar-refractivity contribution is 6.10. The van der Waals surface area contributed by atoms with E-state index >= 15 is 0 Å². The van der Waals surface area contributed by atoms with Crippen molar-refractivity contribution in [3.8, 4) is 56.7 Å². The van der Waals surface area contributed by atoms with Crippen LogP contribution in [0.4, 0.5) is 0 Å². The quantitative estimate of drug-likeness (QED) is 0.185. The third kappa shape index (κ3) is 5.11. The number of benzene rings is 8. The van der Waals surface area contributed by atoms with Gasteiger partial charge in [-0.15, -0.1) is 0 Å². The lowest BCUT2D eigenvalue weighted by Gasteiger charge is -2.12. The highest BCUT2D eigenvalue weighted by Crippen LogP contribution is 2.37. The van der Waals surface area contributed by atoms with Gasteiger partial charge in [-0.1, -0.05) is 146 Å². The van der Waals surface area contributed by atoms with Crippen LogP contribution in [0.1, 0.15) is 0 Å². The smallest absolute Gasteiger partial charge is 0.227 e. The van der Waals surface area contributed by atoms with E-state index in [-0.39, 0.29) is 0 Å². The maximum atomic E-state index is 6.51. The summed E-state index contributed by atoms with van der Waals surface area (Å²) in [5.41, 5.74) is 7.41. The normalized spacial score (nSPS) is 11.5. The number of oxazole rings is 1. The Morgan fingerprint density at radius 3 is 1.80 bits per heavy atom. The van der Waals surface area contributed by atoms with E-state index in [1.165, 1.54) is 16.3 Å². The third-order valence-corrected chi connectivity index (χ3v) is 9.55. The van der Waals surface area contributed by atoms with Gasteiger partial charge >= 0.3 is 0 Å². The zero-order chi connectivity index (χ0) is 33.7. The molecule has 0 unspecified atom stereocenters. The number of hydrogen-bond donors (Lipinski definition) is 0. The molecule has 0 amide bonds. The van der Waals surface area contributed by atoms with Gasteiger partial charge in [-0.05, 0) is 62.3 Å². The summed E-state index contributed by atoms with van der Waals surface area (Å²) < 4.78 is 6.51. The first-order valence-corrected chi connectivity index (χ1v) is 17.0. The Bertz CT molecular complexity index is 2910. The minimum atomic E-state index is 0.567. The molecule has 0 spiro atoms. The molecule has 0 atom stereocenters. The first kappa shape index (κ1) is 29.0. The molecule has 5 nitrogen and oxygen atoms in total. The summed E-state index contributed by atoms with van der Waals surface area (Å²) >= 11 is 0. The minimum Gasteiger partial charge on any atom is -0.435 e. The highest BCUT2D eigenvalue weighted by atomic mass is 16.3. The molecule has 8 aromatic carbocycles. The molecule has 2 aromatic heterocycles. The fraction of sp³-hybridized carbons (Fsp3) is 0. The van der Waals surface area contributed by atoms with E-state index in [0.29, 0.717) is 28.9 Å². The van der Waals surface area contributed by atoms with Crippen LogP contribution in [0.5, 0.6) is 0 Å². The van der Waals surface area contributed by atoms with E-state index in [1.807, 2.05) is 42.5 Å². The molecule has 0 saturated heterocycles. The summed E-state index contributed by atoms with van der Waals surface area (Å²) in [6.45, 7) is 0. The van der Waals surface area contributed by atoms with Crippen LogP contribution in [0.2, 0.25) is 0 Å². The van der Waals surface area contributed by atoms with Gasteiger partial charge in [0.15, 0.2) is 23.1 Å². The van der Waals surface area contributed by atoms with E-state index in [4.69, 9.17) is 24.4 Å². The van der Waals surface area contributed by atoms with Crippen LogP contribution in [-0.4, -0.2) is 19.9 Å². The topological polar surface area (TPSA) is 64.7 Å². The van der Waals surface area contributed by atoms with Gasteiger partial charge in [0.25, 0.3) is 0 Å². The van der Waals surface area contributed by atoms with Crippen LogP contribution in [-0.2, 0) is 0 Å². The lowest BCUT2D eigenvalue weighted by molar-refractivity contribution is 0.623. The monoisotopic (exact) mass is 652 g/mol. The van der Waals surface area contributed by atoms with Gasteiger partial charge in [-0.25, -0.2) is 19.9 Å². The van der Waals surface area contributed by atoms with E-state index in [2.05, 4.69) is 127 Å². The van der Waals surface area contributed by atoms with Crippen LogP contribution in [0, 0.1) is 0 Å². The van der Waals surface area contributed by atoms with Crippen molar-refractivity contribution < 1.29 is 4.42 Å². The molecule has 0 N–H and O–H groups in total. The summed E-state index contributed by atoms with van der Waals surface area (Å²) in [5.74, 6) is 2.34. The van der Waals surface area contributed by atoms with Crippen molar-refractivity contribution >= 4 is 43.4 Å². The van der Waals surface area contributed by atoms with Gasteiger partial charge in [0, 0.05) is 27.6 Å². The molecule has 0 saturated carbocycles. The molecule has 0 aliphatic heterocycles. The zero-order valence-electron chi connectivity index (χ0n) is 27.4.